The molecule has 6 heteroatoms. The number of ether oxygens (including phenoxy) is 2. The summed E-state index contributed by atoms with van der Waals surface area (Å²) in [5.74, 6) is 1.29. The van der Waals surface area contributed by atoms with Crippen molar-refractivity contribution in [3.63, 3.8) is 0 Å². The number of carbonyl (C=O) groups excluding carboxylic acids is 1. The summed E-state index contributed by atoms with van der Waals surface area (Å²) in [6.07, 6.45) is 0. The van der Waals surface area contributed by atoms with Crippen LogP contribution in [0.15, 0.2) is 42.5 Å². The van der Waals surface area contributed by atoms with Gasteiger partial charge in [-0.25, -0.2) is 4.79 Å². The van der Waals surface area contributed by atoms with Gasteiger partial charge in [0.2, 0.25) is 0 Å². The van der Waals surface area contributed by atoms with Gasteiger partial charge in [0.1, 0.15) is 11.5 Å². The topological polar surface area (TPSA) is 85.6 Å². The largest absolute Gasteiger partial charge is 0.497 e. The molecule has 0 bridgehead atoms. The zero-order valence-corrected chi connectivity index (χ0v) is 11.8. The molecule has 110 valence electrons. The van der Waals surface area contributed by atoms with Crippen LogP contribution in [0.1, 0.15) is 0 Å². The Balaban J connectivity index is 2.04. The number of rotatable bonds is 4. The number of carbonyl (C=O) groups is 1. The first-order valence-corrected chi connectivity index (χ1v) is 6.28. The molecular weight excluding hydrogens is 270 g/mol. The number of hydrogen-bond donors (Lipinski definition) is 3. The van der Waals surface area contributed by atoms with Gasteiger partial charge in [-0.2, -0.15) is 0 Å². The number of benzene rings is 2. The first-order valence-electron chi connectivity index (χ1n) is 6.28. The van der Waals surface area contributed by atoms with E-state index in [1.807, 2.05) is 0 Å². The van der Waals surface area contributed by atoms with Gasteiger partial charge in [0.25, 0.3) is 0 Å². The maximum Gasteiger partial charge on any atom is 0.323 e. The third kappa shape index (κ3) is 3.79. The van der Waals surface area contributed by atoms with Gasteiger partial charge in [0, 0.05) is 17.8 Å². The highest BCUT2D eigenvalue weighted by atomic mass is 16.5. The number of anilines is 3. The number of nitrogens with two attached hydrogens (primary N) is 1. The molecule has 2 aromatic rings. The fraction of sp³-hybridized carbons (Fsp3) is 0.133. The standard InChI is InChI=1S/C15H17N3O3/c1-20-11-5-3-4-10(8-11)17-15(19)18-14-7-6-12(21-2)9-13(14)16/h3-9H,16H2,1-2H3,(H2,17,18,19). The molecule has 0 heterocycles. The van der Waals surface area contributed by atoms with Crippen LogP contribution in [0, 0.1) is 0 Å². The molecule has 0 radical (unpaired) electrons. The molecule has 6 nitrogen and oxygen atoms in total. The van der Waals surface area contributed by atoms with Crippen LogP contribution in [-0.4, -0.2) is 20.3 Å². The Morgan fingerprint density at radius 3 is 2.38 bits per heavy atom. The van der Waals surface area contributed by atoms with Crippen molar-refractivity contribution in [2.45, 2.75) is 0 Å². The Hall–Kier alpha value is -2.89. The Kier molecular flexibility index (Phi) is 4.50. The molecule has 0 aliphatic heterocycles. The maximum atomic E-state index is 11.9. The molecule has 0 aliphatic carbocycles. The van der Waals surface area contributed by atoms with Crippen LogP contribution in [0.25, 0.3) is 0 Å². The third-order valence-corrected chi connectivity index (χ3v) is 2.83. The highest BCUT2D eigenvalue weighted by Gasteiger charge is 2.07. The summed E-state index contributed by atoms with van der Waals surface area (Å²) in [4.78, 5) is 11.9. The van der Waals surface area contributed by atoms with Crippen molar-refractivity contribution in [3.05, 3.63) is 42.5 Å². The van der Waals surface area contributed by atoms with Crippen molar-refractivity contribution in [2.24, 2.45) is 0 Å². The maximum absolute atomic E-state index is 11.9. The second-order valence-corrected chi connectivity index (χ2v) is 4.26. The predicted molar refractivity (Wildman–Crippen MR) is 83.0 cm³/mol. The third-order valence-electron chi connectivity index (χ3n) is 2.83. The van der Waals surface area contributed by atoms with E-state index in [1.54, 1.807) is 56.7 Å². The molecule has 0 fully saturated rings. The number of hydrogen-bond acceptors (Lipinski definition) is 4. The average molecular weight is 287 g/mol. The van der Waals surface area contributed by atoms with Crippen LogP contribution >= 0.6 is 0 Å². The zero-order valence-electron chi connectivity index (χ0n) is 11.8. The molecule has 0 atom stereocenters. The van der Waals surface area contributed by atoms with E-state index in [0.717, 1.165) is 0 Å². The molecule has 0 saturated carbocycles. The Morgan fingerprint density at radius 2 is 1.71 bits per heavy atom. The fourth-order valence-corrected chi connectivity index (χ4v) is 1.77. The molecule has 4 N–H and O–H groups in total. The minimum atomic E-state index is -0.389. The summed E-state index contributed by atoms with van der Waals surface area (Å²) in [7, 11) is 3.12. The van der Waals surface area contributed by atoms with Crippen LogP contribution < -0.4 is 25.8 Å². The first-order chi connectivity index (χ1) is 10.1. The molecule has 2 rings (SSSR count). The van der Waals surface area contributed by atoms with E-state index < -0.39 is 0 Å². The van der Waals surface area contributed by atoms with E-state index in [0.29, 0.717) is 28.6 Å². The molecule has 0 saturated heterocycles. The lowest BCUT2D eigenvalue weighted by molar-refractivity contribution is 0.262. The number of methoxy groups -OCH3 is 2. The predicted octanol–water partition coefficient (Wildman–Crippen LogP) is 2.93. The van der Waals surface area contributed by atoms with E-state index in [2.05, 4.69) is 10.6 Å². The van der Waals surface area contributed by atoms with Gasteiger partial charge < -0.3 is 25.8 Å². The van der Waals surface area contributed by atoms with Crippen molar-refractivity contribution in [1.82, 2.24) is 0 Å². The molecule has 2 aromatic carbocycles. The normalized spacial score (nSPS) is 9.81. The van der Waals surface area contributed by atoms with Gasteiger partial charge in [-0.3, -0.25) is 0 Å². The summed E-state index contributed by atoms with van der Waals surface area (Å²) >= 11 is 0. The van der Waals surface area contributed by atoms with E-state index in [9.17, 15) is 4.79 Å². The molecule has 0 unspecified atom stereocenters. The minimum absolute atomic E-state index is 0.389. The SMILES string of the molecule is COc1cccc(NC(=O)Nc2ccc(OC)cc2N)c1. The van der Waals surface area contributed by atoms with Gasteiger partial charge >= 0.3 is 6.03 Å². The molecule has 0 aromatic heterocycles. The molecule has 0 aliphatic rings. The summed E-state index contributed by atoms with van der Waals surface area (Å²) in [5, 5.41) is 5.38. The quantitative estimate of drug-likeness (QED) is 0.755. The highest BCUT2D eigenvalue weighted by molar-refractivity contribution is 6.01. The number of amides is 2. The summed E-state index contributed by atoms with van der Waals surface area (Å²) < 4.78 is 10.1. The first kappa shape index (κ1) is 14.5. The van der Waals surface area contributed by atoms with Crippen molar-refractivity contribution >= 4 is 23.1 Å². The van der Waals surface area contributed by atoms with E-state index in [4.69, 9.17) is 15.2 Å². The fourth-order valence-electron chi connectivity index (χ4n) is 1.77. The number of nitrogens with one attached hydrogen (secondary N) is 2. The van der Waals surface area contributed by atoms with Gasteiger partial charge in [-0.15, -0.1) is 0 Å². The second kappa shape index (κ2) is 6.51. The smallest absolute Gasteiger partial charge is 0.323 e. The van der Waals surface area contributed by atoms with E-state index >= 15 is 0 Å². The monoisotopic (exact) mass is 287 g/mol. The molecule has 0 spiro atoms. The van der Waals surface area contributed by atoms with Gasteiger partial charge in [-0.1, -0.05) is 6.07 Å². The van der Waals surface area contributed by atoms with Crippen LogP contribution in [-0.2, 0) is 0 Å². The van der Waals surface area contributed by atoms with Crippen LogP contribution in [0.5, 0.6) is 11.5 Å². The second-order valence-electron chi connectivity index (χ2n) is 4.26. The lowest BCUT2D eigenvalue weighted by Crippen LogP contribution is -2.20. The van der Waals surface area contributed by atoms with Gasteiger partial charge in [0.15, 0.2) is 0 Å². The van der Waals surface area contributed by atoms with Crippen molar-refractivity contribution in [3.8, 4) is 11.5 Å². The van der Waals surface area contributed by atoms with E-state index in [1.165, 1.54) is 0 Å². The molecule has 21 heavy (non-hydrogen) atoms. The minimum Gasteiger partial charge on any atom is -0.497 e. The van der Waals surface area contributed by atoms with Crippen LogP contribution in [0.4, 0.5) is 21.9 Å². The molecular formula is C15H17N3O3. The van der Waals surface area contributed by atoms with Gasteiger partial charge in [0.05, 0.1) is 25.6 Å². The zero-order chi connectivity index (χ0) is 15.2. The van der Waals surface area contributed by atoms with Crippen molar-refractivity contribution < 1.29 is 14.3 Å². The Labute approximate surface area is 122 Å². The van der Waals surface area contributed by atoms with Crippen molar-refractivity contribution in [1.29, 1.82) is 0 Å². The summed E-state index contributed by atoms with van der Waals surface area (Å²) in [6.45, 7) is 0. The number of urea groups is 1. The Morgan fingerprint density at radius 1 is 1.00 bits per heavy atom. The van der Waals surface area contributed by atoms with Gasteiger partial charge in [-0.05, 0) is 24.3 Å². The van der Waals surface area contributed by atoms with Crippen LogP contribution in [0.2, 0.25) is 0 Å². The number of nitrogen functional groups attached to an aromatic ring is 1. The summed E-state index contributed by atoms with van der Waals surface area (Å²) in [6, 6.07) is 11.7. The van der Waals surface area contributed by atoms with Crippen LogP contribution in [0.3, 0.4) is 0 Å². The van der Waals surface area contributed by atoms with E-state index in [-0.39, 0.29) is 6.03 Å². The lowest BCUT2D eigenvalue weighted by Gasteiger charge is -2.11. The molecule has 2 amide bonds. The average Bonchev–Trinajstić information content (AvgIpc) is 2.49. The highest BCUT2D eigenvalue weighted by Crippen LogP contribution is 2.24. The van der Waals surface area contributed by atoms with Crippen molar-refractivity contribution in [2.75, 3.05) is 30.6 Å². The Bertz CT molecular complexity index is 644. The summed E-state index contributed by atoms with van der Waals surface area (Å²) in [5.41, 5.74) is 7.40. The lowest BCUT2D eigenvalue weighted by atomic mass is 10.2.